The maximum Gasteiger partial charge on any atom is 0.359 e. The number of benzene rings is 1. The molecule has 0 radical (unpaired) electrons. The summed E-state index contributed by atoms with van der Waals surface area (Å²) in [6, 6.07) is 11.0. The van der Waals surface area contributed by atoms with Crippen LogP contribution in [0.1, 0.15) is 17.4 Å². The van der Waals surface area contributed by atoms with Gasteiger partial charge >= 0.3 is 5.97 Å². The number of carbonyl (C=O) groups is 1. The predicted octanol–water partition coefficient (Wildman–Crippen LogP) is 2.87. The van der Waals surface area contributed by atoms with E-state index < -0.39 is 5.97 Å². The molecule has 0 atom stereocenters. The van der Waals surface area contributed by atoms with Crippen LogP contribution in [0.3, 0.4) is 0 Å². The fourth-order valence-electron chi connectivity index (χ4n) is 2.05. The van der Waals surface area contributed by atoms with Crippen molar-refractivity contribution in [1.82, 2.24) is 15.0 Å². The number of esters is 1. The first-order valence-corrected chi connectivity index (χ1v) is 6.64. The molecule has 0 aliphatic carbocycles. The van der Waals surface area contributed by atoms with E-state index in [0.717, 1.165) is 11.1 Å². The minimum atomic E-state index is -0.470. The van der Waals surface area contributed by atoms with Gasteiger partial charge in [-0.05, 0) is 31.2 Å². The van der Waals surface area contributed by atoms with Crippen molar-refractivity contribution in [3.63, 3.8) is 0 Å². The van der Waals surface area contributed by atoms with Gasteiger partial charge in [-0.2, -0.15) is 0 Å². The summed E-state index contributed by atoms with van der Waals surface area (Å²) in [5.41, 5.74) is 2.92. The number of pyridine rings is 1. The Bertz CT molecular complexity index is 788. The van der Waals surface area contributed by atoms with Crippen LogP contribution in [-0.2, 0) is 4.74 Å². The minimum Gasteiger partial charge on any atom is -0.461 e. The van der Waals surface area contributed by atoms with Crippen molar-refractivity contribution in [3.8, 4) is 11.3 Å². The molecule has 0 saturated heterocycles. The lowest BCUT2D eigenvalue weighted by molar-refractivity contribution is 0.0520. The highest BCUT2D eigenvalue weighted by molar-refractivity contribution is 5.96. The van der Waals surface area contributed by atoms with E-state index >= 15 is 0 Å². The Labute approximate surface area is 121 Å². The van der Waals surface area contributed by atoms with Gasteiger partial charge in [-0.3, -0.25) is 4.98 Å². The topological polar surface area (TPSA) is 65.0 Å². The number of hydrogen-bond acceptors (Lipinski definition) is 5. The zero-order valence-electron chi connectivity index (χ0n) is 11.5. The van der Waals surface area contributed by atoms with Crippen LogP contribution in [0.5, 0.6) is 0 Å². The van der Waals surface area contributed by atoms with E-state index in [9.17, 15) is 4.79 Å². The molecule has 5 nitrogen and oxygen atoms in total. The van der Waals surface area contributed by atoms with Gasteiger partial charge in [-0.25, -0.2) is 14.8 Å². The van der Waals surface area contributed by atoms with Crippen LogP contribution in [0.25, 0.3) is 22.3 Å². The second-order valence-corrected chi connectivity index (χ2v) is 4.37. The van der Waals surface area contributed by atoms with Crippen LogP contribution >= 0.6 is 0 Å². The van der Waals surface area contributed by atoms with Crippen molar-refractivity contribution >= 4 is 17.0 Å². The molecule has 0 unspecified atom stereocenters. The summed E-state index contributed by atoms with van der Waals surface area (Å²) in [7, 11) is 0. The molecule has 0 spiro atoms. The molecule has 2 heterocycles. The van der Waals surface area contributed by atoms with E-state index in [0.29, 0.717) is 17.8 Å². The number of rotatable bonds is 3. The number of hydrogen-bond donors (Lipinski definition) is 0. The third-order valence-electron chi connectivity index (χ3n) is 2.99. The van der Waals surface area contributed by atoms with Crippen LogP contribution in [-0.4, -0.2) is 27.5 Å². The number of nitrogens with zero attached hydrogens (tertiary/aromatic N) is 3. The molecule has 1 aromatic carbocycles. The number of fused-ring (bicyclic) bond motifs is 1. The van der Waals surface area contributed by atoms with E-state index in [4.69, 9.17) is 4.74 Å². The van der Waals surface area contributed by atoms with Crippen LogP contribution in [0, 0.1) is 0 Å². The molecule has 2 aromatic heterocycles. The quantitative estimate of drug-likeness (QED) is 0.690. The molecule has 104 valence electrons. The average Bonchev–Trinajstić information content (AvgIpc) is 2.54. The molecule has 0 aliphatic heterocycles. The van der Waals surface area contributed by atoms with Crippen molar-refractivity contribution in [3.05, 3.63) is 54.5 Å². The summed E-state index contributed by atoms with van der Waals surface area (Å²) < 4.78 is 5.08. The first-order valence-electron chi connectivity index (χ1n) is 6.64. The Morgan fingerprint density at radius 1 is 1.05 bits per heavy atom. The Morgan fingerprint density at radius 3 is 2.38 bits per heavy atom. The van der Waals surface area contributed by atoms with Gasteiger partial charge in [-0.1, -0.05) is 12.1 Å². The van der Waals surface area contributed by atoms with Gasteiger partial charge in [0.25, 0.3) is 0 Å². The number of carbonyl (C=O) groups excluding carboxylic acids is 1. The maximum absolute atomic E-state index is 12.1. The SMILES string of the molecule is CCOC(=O)c1nc2ccccc2nc1-c1ccncc1. The number of aromatic nitrogens is 3. The summed E-state index contributed by atoms with van der Waals surface area (Å²) in [5.74, 6) is -0.470. The lowest BCUT2D eigenvalue weighted by Gasteiger charge is -2.09. The Balaban J connectivity index is 2.24. The highest BCUT2D eigenvalue weighted by Gasteiger charge is 2.18. The number of ether oxygens (including phenoxy) is 1. The van der Waals surface area contributed by atoms with Gasteiger partial charge in [0.1, 0.15) is 5.69 Å². The Kier molecular flexibility index (Phi) is 3.55. The smallest absolute Gasteiger partial charge is 0.359 e. The van der Waals surface area contributed by atoms with Crippen LogP contribution < -0.4 is 0 Å². The molecule has 0 amide bonds. The van der Waals surface area contributed by atoms with E-state index in [1.807, 2.05) is 24.3 Å². The molecular weight excluding hydrogens is 266 g/mol. The molecular formula is C16H13N3O2. The Hall–Kier alpha value is -2.82. The third-order valence-corrected chi connectivity index (χ3v) is 2.99. The molecule has 0 N–H and O–H groups in total. The number of para-hydroxylation sites is 2. The minimum absolute atomic E-state index is 0.224. The van der Waals surface area contributed by atoms with E-state index in [-0.39, 0.29) is 5.69 Å². The van der Waals surface area contributed by atoms with Gasteiger partial charge < -0.3 is 4.74 Å². The molecule has 0 bridgehead atoms. The highest BCUT2D eigenvalue weighted by atomic mass is 16.5. The third kappa shape index (κ3) is 2.58. The highest BCUT2D eigenvalue weighted by Crippen LogP contribution is 2.23. The van der Waals surface area contributed by atoms with Gasteiger partial charge in [0.05, 0.1) is 17.6 Å². The van der Waals surface area contributed by atoms with E-state index in [2.05, 4.69) is 15.0 Å². The first-order chi connectivity index (χ1) is 10.3. The largest absolute Gasteiger partial charge is 0.461 e. The summed E-state index contributed by atoms with van der Waals surface area (Å²) in [4.78, 5) is 25.1. The van der Waals surface area contributed by atoms with Gasteiger partial charge in [0.2, 0.25) is 0 Å². The fraction of sp³-hybridized carbons (Fsp3) is 0.125. The monoisotopic (exact) mass is 279 g/mol. The molecule has 0 aliphatic rings. The van der Waals surface area contributed by atoms with Crippen molar-refractivity contribution < 1.29 is 9.53 Å². The van der Waals surface area contributed by atoms with Gasteiger partial charge in [0, 0.05) is 18.0 Å². The van der Waals surface area contributed by atoms with Crippen LogP contribution in [0.2, 0.25) is 0 Å². The van der Waals surface area contributed by atoms with Crippen LogP contribution in [0.4, 0.5) is 0 Å². The standard InChI is InChI=1S/C16H13N3O2/c1-2-21-16(20)15-14(11-7-9-17-10-8-11)18-12-5-3-4-6-13(12)19-15/h3-10H,2H2,1H3. The van der Waals surface area contributed by atoms with Gasteiger partial charge in [0.15, 0.2) is 5.69 Å². The first kappa shape index (κ1) is 13.2. The lowest BCUT2D eigenvalue weighted by atomic mass is 10.1. The second-order valence-electron chi connectivity index (χ2n) is 4.37. The summed E-state index contributed by atoms with van der Waals surface area (Å²) in [5, 5.41) is 0. The summed E-state index contributed by atoms with van der Waals surface area (Å²) in [6.07, 6.45) is 3.31. The summed E-state index contributed by atoms with van der Waals surface area (Å²) >= 11 is 0. The van der Waals surface area contributed by atoms with E-state index in [1.165, 1.54) is 0 Å². The zero-order chi connectivity index (χ0) is 14.7. The van der Waals surface area contributed by atoms with Gasteiger partial charge in [-0.15, -0.1) is 0 Å². The maximum atomic E-state index is 12.1. The molecule has 0 fully saturated rings. The molecule has 0 saturated carbocycles. The predicted molar refractivity (Wildman–Crippen MR) is 78.7 cm³/mol. The molecule has 3 rings (SSSR count). The normalized spacial score (nSPS) is 10.5. The van der Waals surface area contributed by atoms with E-state index in [1.54, 1.807) is 31.5 Å². The van der Waals surface area contributed by atoms with Crippen molar-refractivity contribution in [2.75, 3.05) is 6.61 Å². The molecule has 5 heteroatoms. The summed E-state index contributed by atoms with van der Waals surface area (Å²) in [6.45, 7) is 2.06. The second kappa shape index (κ2) is 5.66. The van der Waals surface area contributed by atoms with Crippen molar-refractivity contribution in [1.29, 1.82) is 0 Å². The molecule has 3 aromatic rings. The average molecular weight is 279 g/mol. The van der Waals surface area contributed by atoms with Crippen molar-refractivity contribution in [2.24, 2.45) is 0 Å². The zero-order valence-corrected chi connectivity index (χ0v) is 11.5. The van der Waals surface area contributed by atoms with Crippen molar-refractivity contribution in [2.45, 2.75) is 6.92 Å². The lowest BCUT2D eigenvalue weighted by Crippen LogP contribution is -2.10. The fourth-order valence-corrected chi connectivity index (χ4v) is 2.05. The Morgan fingerprint density at radius 2 is 1.71 bits per heavy atom. The molecule has 21 heavy (non-hydrogen) atoms. The van der Waals surface area contributed by atoms with Crippen LogP contribution in [0.15, 0.2) is 48.8 Å².